The Balaban J connectivity index is 2.08. The molecule has 0 aliphatic rings. The van der Waals surface area contributed by atoms with Gasteiger partial charge in [0.1, 0.15) is 0 Å². The lowest BCUT2D eigenvalue weighted by Gasteiger charge is -2.17. The van der Waals surface area contributed by atoms with Crippen LogP contribution >= 0.6 is 31.9 Å². The molecule has 0 aromatic heterocycles. The number of carbonyl (C=O) groups is 1. The summed E-state index contributed by atoms with van der Waals surface area (Å²) in [6.45, 7) is 3.86. The van der Waals surface area contributed by atoms with Crippen molar-refractivity contribution >= 4 is 59.9 Å². The first-order valence-corrected chi connectivity index (χ1v) is 9.03. The van der Waals surface area contributed by atoms with Crippen molar-refractivity contribution in [3.05, 3.63) is 68.1 Å². The minimum absolute atomic E-state index is 0.137. The molecule has 0 unspecified atom stereocenters. The van der Waals surface area contributed by atoms with E-state index in [9.17, 15) is 4.79 Å². The summed E-state index contributed by atoms with van der Waals surface area (Å²) in [6, 6.07) is 13.6. The van der Waals surface area contributed by atoms with Crippen LogP contribution in [0.4, 0.5) is 11.4 Å². The highest BCUT2D eigenvalue weighted by molar-refractivity contribution is 9.11. The highest BCUT2D eigenvalue weighted by atomic mass is 79.9. The van der Waals surface area contributed by atoms with Gasteiger partial charge in [0.2, 0.25) is 0 Å². The van der Waals surface area contributed by atoms with Crippen molar-refractivity contribution in [1.29, 1.82) is 0 Å². The number of amides is 1. The fourth-order valence-corrected chi connectivity index (χ4v) is 3.85. The van der Waals surface area contributed by atoms with E-state index in [-0.39, 0.29) is 5.91 Å². The number of halogens is 2. The Bertz CT molecular complexity index is 933. The van der Waals surface area contributed by atoms with Gasteiger partial charge in [0.15, 0.2) is 0 Å². The van der Waals surface area contributed by atoms with Crippen LogP contribution in [0.15, 0.2) is 51.4 Å². The minimum atomic E-state index is -0.137. The van der Waals surface area contributed by atoms with E-state index >= 15 is 0 Å². The van der Waals surface area contributed by atoms with Gasteiger partial charge in [-0.05, 0) is 73.7 Å². The second kappa shape index (κ2) is 6.57. The van der Waals surface area contributed by atoms with Crippen molar-refractivity contribution < 1.29 is 4.79 Å². The lowest BCUT2D eigenvalue weighted by molar-refractivity contribution is 0.102. The first kappa shape index (κ1) is 17.0. The monoisotopic (exact) mass is 446 g/mol. The zero-order chi connectivity index (χ0) is 17.4. The summed E-state index contributed by atoms with van der Waals surface area (Å²) < 4.78 is 1.57. The molecule has 3 rings (SSSR count). The molecular formula is C19H16Br2N2O. The molecule has 0 aliphatic carbocycles. The summed E-state index contributed by atoms with van der Waals surface area (Å²) in [5.41, 5.74) is 9.92. The molecule has 0 atom stereocenters. The summed E-state index contributed by atoms with van der Waals surface area (Å²) in [4.78, 5) is 12.9. The van der Waals surface area contributed by atoms with Gasteiger partial charge < -0.3 is 11.1 Å². The Kier molecular flexibility index (Phi) is 4.65. The minimum Gasteiger partial charge on any atom is -0.397 e. The van der Waals surface area contributed by atoms with Gasteiger partial charge in [0.05, 0.1) is 5.69 Å². The Hall–Kier alpha value is -1.85. The molecule has 0 fully saturated rings. The number of anilines is 2. The summed E-state index contributed by atoms with van der Waals surface area (Å²) >= 11 is 6.99. The number of nitrogens with two attached hydrogens (primary N) is 1. The second-order valence-corrected chi connectivity index (χ2v) is 7.23. The number of nitrogens with one attached hydrogen (secondary N) is 1. The zero-order valence-electron chi connectivity index (χ0n) is 13.3. The average Bonchev–Trinajstić information content (AvgIpc) is 2.61. The largest absolute Gasteiger partial charge is 0.397 e. The molecule has 5 heteroatoms. The molecule has 3 nitrogen and oxygen atoms in total. The molecule has 0 radical (unpaired) electrons. The van der Waals surface area contributed by atoms with E-state index in [1.807, 2.05) is 56.3 Å². The number of fused-ring (bicyclic) bond motifs is 1. The number of hydrogen-bond acceptors (Lipinski definition) is 2. The second-order valence-electron chi connectivity index (χ2n) is 5.65. The van der Waals surface area contributed by atoms with Crippen LogP contribution < -0.4 is 11.1 Å². The van der Waals surface area contributed by atoms with Crippen LogP contribution in [0.25, 0.3) is 10.8 Å². The maximum Gasteiger partial charge on any atom is 0.256 e. The normalized spacial score (nSPS) is 10.8. The standard InChI is InChI=1S/C19H16Br2N2O/c1-10-15(20)17(22)16(21)11(2)18(10)23-19(24)14-9-5-7-12-6-3-4-8-13(12)14/h3-9H,22H2,1-2H3,(H,23,24). The lowest BCUT2D eigenvalue weighted by Crippen LogP contribution is -2.15. The van der Waals surface area contributed by atoms with E-state index in [1.54, 1.807) is 0 Å². The predicted molar refractivity (Wildman–Crippen MR) is 108 cm³/mol. The molecule has 0 bridgehead atoms. The van der Waals surface area contributed by atoms with Crippen molar-refractivity contribution in [2.24, 2.45) is 0 Å². The summed E-state index contributed by atoms with van der Waals surface area (Å²) in [5, 5.41) is 5.01. The third kappa shape index (κ3) is 2.82. The molecule has 0 aliphatic heterocycles. The third-order valence-corrected chi connectivity index (χ3v) is 6.20. The molecule has 122 valence electrons. The van der Waals surface area contributed by atoms with E-state index in [0.29, 0.717) is 11.3 Å². The highest BCUT2D eigenvalue weighted by Gasteiger charge is 2.18. The van der Waals surface area contributed by atoms with Gasteiger partial charge in [-0.25, -0.2) is 0 Å². The van der Waals surface area contributed by atoms with Gasteiger partial charge in [0, 0.05) is 20.2 Å². The molecule has 0 spiro atoms. The van der Waals surface area contributed by atoms with Gasteiger partial charge in [-0.3, -0.25) is 4.79 Å². The Morgan fingerprint density at radius 2 is 1.54 bits per heavy atom. The fraction of sp³-hybridized carbons (Fsp3) is 0.105. The van der Waals surface area contributed by atoms with Crippen LogP contribution in [0.1, 0.15) is 21.5 Å². The van der Waals surface area contributed by atoms with Crippen LogP contribution in [0, 0.1) is 13.8 Å². The third-order valence-electron chi connectivity index (χ3n) is 4.15. The molecule has 0 heterocycles. The molecule has 3 N–H and O–H groups in total. The van der Waals surface area contributed by atoms with Gasteiger partial charge >= 0.3 is 0 Å². The maximum atomic E-state index is 12.9. The van der Waals surface area contributed by atoms with Crippen LogP contribution in [-0.2, 0) is 0 Å². The zero-order valence-corrected chi connectivity index (χ0v) is 16.5. The quantitative estimate of drug-likeness (QED) is 0.486. The van der Waals surface area contributed by atoms with E-state index < -0.39 is 0 Å². The van der Waals surface area contributed by atoms with E-state index in [0.717, 1.165) is 36.5 Å². The predicted octanol–water partition coefficient (Wildman–Crippen LogP) is 5.82. The van der Waals surface area contributed by atoms with Crippen LogP contribution in [0.2, 0.25) is 0 Å². The Labute approximate surface area is 157 Å². The van der Waals surface area contributed by atoms with Crippen molar-refractivity contribution in [3.63, 3.8) is 0 Å². The average molecular weight is 448 g/mol. The van der Waals surface area contributed by atoms with Crippen LogP contribution in [-0.4, -0.2) is 5.91 Å². The smallest absolute Gasteiger partial charge is 0.256 e. The number of hydrogen-bond donors (Lipinski definition) is 2. The molecule has 0 saturated carbocycles. The highest BCUT2D eigenvalue weighted by Crippen LogP contribution is 2.40. The number of benzene rings is 3. The fourth-order valence-electron chi connectivity index (χ4n) is 2.79. The van der Waals surface area contributed by atoms with Crippen molar-refractivity contribution in [2.75, 3.05) is 11.1 Å². The van der Waals surface area contributed by atoms with E-state index in [4.69, 9.17) is 5.73 Å². The van der Waals surface area contributed by atoms with Crippen LogP contribution in [0.5, 0.6) is 0 Å². The number of rotatable bonds is 2. The topological polar surface area (TPSA) is 55.1 Å². The Morgan fingerprint density at radius 1 is 0.958 bits per heavy atom. The maximum absolute atomic E-state index is 12.9. The molecule has 3 aromatic rings. The molecule has 3 aromatic carbocycles. The number of carbonyl (C=O) groups excluding carboxylic acids is 1. The molecular weight excluding hydrogens is 432 g/mol. The van der Waals surface area contributed by atoms with Gasteiger partial charge in [-0.2, -0.15) is 0 Å². The molecule has 24 heavy (non-hydrogen) atoms. The van der Waals surface area contributed by atoms with Crippen LogP contribution in [0.3, 0.4) is 0 Å². The van der Waals surface area contributed by atoms with Crippen molar-refractivity contribution in [3.8, 4) is 0 Å². The Morgan fingerprint density at radius 3 is 2.21 bits per heavy atom. The van der Waals surface area contributed by atoms with Gasteiger partial charge in [0.25, 0.3) is 5.91 Å². The summed E-state index contributed by atoms with van der Waals surface area (Å²) in [6.07, 6.45) is 0. The lowest BCUT2D eigenvalue weighted by atomic mass is 10.0. The van der Waals surface area contributed by atoms with Gasteiger partial charge in [-0.1, -0.05) is 36.4 Å². The SMILES string of the molecule is Cc1c(Br)c(N)c(Br)c(C)c1NC(=O)c1cccc2ccccc12. The van der Waals surface area contributed by atoms with Crippen molar-refractivity contribution in [2.45, 2.75) is 13.8 Å². The number of nitrogen functional groups attached to an aromatic ring is 1. The van der Waals surface area contributed by atoms with E-state index in [1.165, 1.54) is 0 Å². The molecule has 1 amide bonds. The summed E-state index contributed by atoms with van der Waals surface area (Å²) in [7, 11) is 0. The molecule has 0 saturated heterocycles. The first-order valence-electron chi connectivity index (χ1n) is 7.44. The first-order chi connectivity index (χ1) is 11.4. The van der Waals surface area contributed by atoms with Crippen molar-refractivity contribution in [1.82, 2.24) is 0 Å². The van der Waals surface area contributed by atoms with E-state index in [2.05, 4.69) is 37.2 Å². The summed E-state index contributed by atoms with van der Waals surface area (Å²) in [5.74, 6) is -0.137. The van der Waals surface area contributed by atoms with Gasteiger partial charge in [-0.15, -0.1) is 0 Å².